The van der Waals surface area contributed by atoms with Gasteiger partial charge >= 0.3 is 5.97 Å². The van der Waals surface area contributed by atoms with Crippen molar-refractivity contribution in [2.24, 2.45) is 11.3 Å². The van der Waals surface area contributed by atoms with E-state index in [2.05, 4.69) is 18.0 Å². The molecule has 0 aromatic heterocycles. The number of carbonyl (C=O) groups is 1. The number of rotatable bonds is 3. The summed E-state index contributed by atoms with van der Waals surface area (Å²) < 4.78 is 5.44. The molecule has 1 aliphatic carbocycles. The summed E-state index contributed by atoms with van der Waals surface area (Å²) in [6.07, 6.45) is 16.4. The van der Waals surface area contributed by atoms with Crippen LogP contribution in [0, 0.1) is 11.3 Å². The molecule has 1 aliphatic heterocycles. The number of nitrogens with two attached hydrogens (primary N) is 2. The summed E-state index contributed by atoms with van der Waals surface area (Å²) in [4.78, 5) is 14.9. The molecule has 1 aromatic rings. The van der Waals surface area contributed by atoms with Gasteiger partial charge in [-0.1, -0.05) is 31.8 Å². The molecule has 5 nitrogen and oxygen atoms in total. The molecule has 160 valence electrons. The molecule has 1 saturated carbocycles. The number of nitrogen functional groups attached to an aromatic ring is 2. The minimum atomic E-state index is -0.350. The van der Waals surface area contributed by atoms with Gasteiger partial charge in [0.1, 0.15) is 5.75 Å². The Morgan fingerprint density at radius 2 is 1.59 bits per heavy atom. The SMILES string of the molecule is CN1CCCCC2(CCCCC2/C=C/C(=O)Oc2cc(N)cc(N)c2)CCCC1. The Morgan fingerprint density at radius 1 is 1.00 bits per heavy atom. The number of carbonyl (C=O) groups excluding carboxylic acids is 1. The second-order valence-corrected chi connectivity index (χ2v) is 9.05. The van der Waals surface area contributed by atoms with Crippen LogP contribution in [0.25, 0.3) is 0 Å². The molecule has 29 heavy (non-hydrogen) atoms. The highest BCUT2D eigenvalue weighted by Crippen LogP contribution is 2.49. The lowest BCUT2D eigenvalue weighted by atomic mass is 9.61. The maximum atomic E-state index is 12.4. The molecular weight excluding hydrogens is 362 g/mol. The van der Waals surface area contributed by atoms with Gasteiger partial charge in [-0.25, -0.2) is 4.79 Å². The summed E-state index contributed by atoms with van der Waals surface area (Å²) in [6, 6.07) is 4.90. The molecule has 1 unspecified atom stereocenters. The summed E-state index contributed by atoms with van der Waals surface area (Å²) in [5, 5.41) is 0. The Labute approximate surface area is 175 Å². The molecule has 0 radical (unpaired) electrons. The van der Waals surface area contributed by atoms with E-state index in [1.165, 1.54) is 77.3 Å². The van der Waals surface area contributed by atoms with Crippen molar-refractivity contribution in [3.63, 3.8) is 0 Å². The van der Waals surface area contributed by atoms with Crippen molar-refractivity contribution >= 4 is 17.3 Å². The fourth-order valence-corrected chi connectivity index (χ4v) is 5.26. The fourth-order valence-electron chi connectivity index (χ4n) is 5.26. The van der Waals surface area contributed by atoms with Crippen LogP contribution in [0.4, 0.5) is 11.4 Å². The van der Waals surface area contributed by atoms with E-state index in [4.69, 9.17) is 16.2 Å². The van der Waals surface area contributed by atoms with E-state index in [1.807, 2.05) is 0 Å². The van der Waals surface area contributed by atoms with Gasteiger partial charge in [-0.05, 0) is 76.1 Å². The summed E-state index contributed by atoms with van der Waals surface area (Å²) >= 11 is 0. The van der Waals surface area contributed by atoms with E-state index in [-0.39, 0.29) is 5.97 Å². The van der Waals surface area contributed by atoms with Crippen LogP contribution in [0.1, 0.15) is 64.2 Å². The summed E-state index contributed by atoms with van der Waals surface area (Å²) in [7, 11) is 2.24. The molecule has 5 heteroatoms. The molecule has 4 N–H and O–H groups in total. The summed E-state index contributed by atoms with van der Waals surface area (Å²) in [5.41, 5.74) is 12.9. The number of allylic oxidation sites excluding steroid dienone is 1. The van der Waals surface area contributed by atoms with Gasteiger partial charge in [-0.15, -0.1) is 0 Å². The molecule has 1 spiro atoms. The van der Waals surface area contributed by atoms with Gasteiger partial charge in [0.15, 0.2) is 0 Å². The van der Waals surface area contributed by atoms with Gasteiger partial charge in [0.05, 0.1) is 0 Å². The van der Waals surface area contributed by atoms with Crippen molar-refractivity contribution in [1.82, 2.24) is 4.90 Å². The van der Waals surface area contributed by atoms with Crippen LogP contribution in [-0.4, -0.2) is 31.0 Å². The third-order valence-corrected chi connectivity index (χ3v) is 6.79. The van der Waals surface area contributed by atoms with E-state index in [9.17, 15) is 4.79 Å². The maximum Gasteiger partial charge on any atom is 0.335 e. The lowest BCUT2D eigenvalue weighted by Crippen LogP contribution is -2.34. The zero-order valence-electron chi connectivity index (χ0n) is 17.9. The Kier molecular flexibility index (Phi) is 7.59. The van der Waals surface area contributed by atoms with Gasteiger partial charge in [-0.3, -0.25) is 0 Å². The standard InChI is InChI=1S/C24H37N3O2/c1-27-14-6-4-12-24(13-5-7-15-27)11-3-2-8-19(24)9-10-23(28)29-22-17-20(25)16-21(26)18-22/h9-10,16-19H,2-8,11-15,25-26H2,1H3/b10-9+. The summed E-state index contributed by atoms with van der Waals surface area (Å²) in [6.45, 7) is 2.40. The molecule has 0 bridgehead atoms. The molecule has 0 amide bonds. The number of benzene rings is 1. The second-order valence-electron chi connectivity index (χ2n) is 9.05. The van der Waals surface area contributed by atoms with Crippen LogP contribution >= 0.6 is 0 Å². The normalized spacial score (nSPS) is 23.8. The van der Waals surface area contributed by atoms with Crippen molar-refractivity contribution in [3.05, 3.63) is 30.4 Å². The Morgan fingerprint density at radius 3 is 2.21 bits per heavy atom. The molecule has 1 heterocycles. The first-order chi connectivity index (χ1) is 14.0. The number of anilines is 2. The van der Waals surface area contributed by atoms with Crippen molar-refractivity contribution in [2.45, 2.75) is 64.2 Å². The fraction of sp³-hybridized carbons (Fsp3) is 0.625. The van der Waals surface area contributed by atoms with Gasteiger partial charge in [0.25, 0.3) is 0 Å². The third-order valence-electron chi connectivity index (χ3n) is 6.79. The van der Waals surface area contributed by atoms with Crippen LogP contribution in [0.15, 0.2) is 30.4 Å². The molecule has 1 atom stereocenters. The largest absolute Gasteiger partial charge is 0.423 e. The first kappa shape index (κ1) is 21.7. The highest BCUT2D eigenvalue weighted by atomic mass is 16.5. The zero-order valence-corrected chi connectivity index (χ0v) is 17.9. The predicted octanol–water partition coefficient (Wildman–Crippen LogP) is 4.78. The molecular formula is C24H37N3O2. The predicted molar refractivity (Wildman–Crippen MR) is 120 cm³/mol. The third kappa shape index (κ3) is 6.23. The Hall–Kier alpha value is -2.01. The van der Waals surface area contributed by atoms with E-state index < -0.39 is 0 Å². The smallest absolute Gasteiger partial charge is 0.335 e. The monoisotopic (exact) mass is 399 g/mol. The lowest BCUT2D eigenvalue weighted by molar-refractivity contribution is -0.129. The Balaban J connectivity index is 1.66. The van der Waals surface area contributed by atoms with Gasteiger partial charge in [0.2, 0.25) is 0 Å². The number of nitrogens with zero attached hydrogens (tertiary/aromatic N) is 1. The number of hydrogen-bond donors (Lipinski definition) is 2. The summed E-state index contributed by atoms with van der Waals surface area (Å²) in [5.74, 6) is 0.516. The molecule has 3 rings (SSSR count). The van der Waals surface area contributed by atoms with E-state index in [0.29, 0.717) is 28.5 Å². The van der Waals surface area contributed by atoms with Crippen LogP contribution in [-0.2, 0) is 4.79 Å². The zero-order chi connectivity index (χ0) is 20.7. The number of hydrogen-bond acceptors (Lipinski definition) is 5. The average Bonchev–Trinajstić information content (AvgIpc) is 2.67. The Bertz CT molecular complexity index is 684. The van der Waals surface area contributed by atoms with Crippen LogP contribution in [0.5, 0.6) is 5.75 Å². The van der Waals surface area contributed by atoms with E-state index in [1.54, 1.807) is 24.3 Å². The van der Waals surface area contributed by atoms with Crippen LogP contribution < -0.4 is 16.2 Å². The van der Waals surface area contributed by atoms with Crippen molar-refractivity contribution in [1.29, 1.82) is 0 Å². The van der Waals surface area contributed by atoms with E-state index in [0.717, 1.165) is 0 Å². The van der Waals surface area contributed by atoms with Crippen molar-refractivity contribution in [2.75, 3.05) is 31.6 Å². The minimum absolute atomic E-state index is 0.350. The van der Waals surface area contributed by atoms with Crippen LogP contribution in [0.3, 0.4) is 0 Å². The highest BCUT2D eigenvalue weighted by molar-refractivity contribution is 5.84. The first-order valence-corrected chi connectivity index (χ1v) is 11.2. The number of esters is 1. The van der Waals surface area contributed by atoms with Gasteiger partial charge in [-0.2, -0.15) is 0 Å². The molecule has 2 fully saturated rings. The van der Waals surface area contributed by atoms with E-state index >= 15 is 0 Å². The first-order valence-electron chi connectivity index (χ1n) is 11.2. The second kappa shape index (κ2) is 10.1. The minimum Gasteiger partial charge on any atom is -0.423 e. The quantitative estimate of drug-likeness (QED) is 0.331. The number of ether oxygens (including phenoxy) is 1. The molecule has 1 saturated heterocycles. The maximum absolute atomic E-state index is 12.4. The van der Waals surface area contributed by atoms with Gasteiger partial charge < -0.3 is 21.1 Å². The molecule has 1 aromatic carbocycles. The molecule has 2 aliphatic rings. The average molecular weight is 400 g/mol. The van der Waals surface area contributed by atoms with Crippen molar-refractivity contribution in [3.8, 4) is 5.75 Å². The van der Waals surface area contributed by atoms with Gasteiger partial charge in [0, 0.05) is 29.6 Å². The highest BCUT2D eigenvalue weighted by Gasteiger charge is 2.38. The lowest BCUT2D eigenvalue weighted by Gasteiger charge is -2.44. The van der Waals surface area contributed by atoms with Crippen LogP contribution in [0.2, 0.25) is 0 Å². The topological polar surface area (TPSA) is 81.6 Å². The van der Waals surface area contributed by atoms with Crippen molar-refractivity contribution < 1.29 is 9.53 Å².